The standard InChI is InChI=1S/C33H37N3O12/c1-33(2,3)34(31(39)23-11-7-21(8-12-23)18-46-35(41)42)17-26(48-32(40)24-13-9-22(10-14-24)19-47-36(43)44)20-45-30-6-4-5-25-15-28(37)29(38)16-27(25)30/h4-14,26,28-29,37-38H,15-20H2,1-3H3. The molecular formula is C33H37N3O12. The van der Waals surface area contributed by atoms with Crippen molar-refractivity contribution in [3.05, 3.63) is 120 Å². The minimum atomic E-state index is -0.999. The summed E-state index contributed by atoms with van der Waals surface area (Å²) >= 11 is 0. The molecule has 4 rings (SSSR count). The monoisotopic (exact) mass is 667 g/mol. The van der Waals surface area contributed by atoms with E-state index in [0.717, 1.165) is 11.1 Å². The largest absolute Gasteiger partial charge is 0.489 e. The van der Waals surface area contributed by atoms with Crippen LogP contribution >= 0.6 is 0 Å². The number of esters is 1. The van der Waals surface area contributed by atoms with E-state index in [9.17, 15) is 40.0 Å². The highest BCUT2D eigenvalue weighted by Crippen LogP contribution is 2.30. The fourth-order valence-corrected chi connectivity index (χ4v) is 5.16. The summed E-state index contributed by atoms with van der Waals surface area (Å²) in [5.74, 6) is -0.680. The van der Waals surface area contributed by atoms with Crippen LogP contribution in [0, 0.1) is 20.2 Å². The highest BCUT2D eigenvalue weighted by atomic mass is 17.0. The van der Waals surface area contributed by atoms with E-state index < -0.39 is 45.9 Å². The van der Waals surface area contributed by atoms with Gasteiger partial charge in [-0.2, -0.15) is 0 Å². The molecule has 1 amide bonds. The zero-order valence-electron chi connectivity index (χ0n) is 26.6. The van der Waals surface area contributed by atoms with E-state index in [-0.39, 0.29) is 50.3 Å². The van der Waals surface area contributed by atoms with Gasteiger partial charge >= 0.3 is 5.97 Å². The van der Waals surface area contributed by atoms with Crippen molar-refractivity contribution in [2.45, 2.75) is 70.7 Å². The number of rotatable bonds is 14. The summed E-state index contributed by atoms with van der Waals surface area (Å²) in [6, 6.07) is 17.3. The van der Waals surface area contributed by atoms with Crippen LogP contribution in [0.2, 0.25) is 0 Å². The number of ether oxygens (including phenoxy) is 2. The first-order valence-corrected chi connectivity index (χ1v) is 15.1. The second-order valence-corrected chi connectivity index (χ2v) is 12.2. The van der Waals surface area contributed by atoms with Crippen molar-refractivity contribution in [3.63, 3.8) is 0 Å². The smallest absolute Gasteiger partial charge is 0.338 e. The van der Waals surface area contributed by atoms with Crippen LogP contribution in [0.25, 0.3) is 0 Å². The number of aliphatic hydroxyl groups excluding tert-OH is 2. The van der Waals surface area contributed by atoms with E-state index >= 15 is 0 Å². The number of fused-ring (bicyclic) bond motifs is 1. The lowest BCUT2D eigenvalue weighted by atomic mass is 9.87. The highest BCUT2D eigenvalue weighted by Gasteiger charge is 2.33. The van der Waals surface area contributed by atoms with Gasteiger partial charge < -0.3 is 34.3 Å². The summed E-state index contributed by atoms with van der Waals surface area (Å²) in [5.41, 5.74) is 2.17. The van der Waals surface area contributed by atoms with Crippen LogP contribution in [0.15, 0.2) is 66.7 Å². The second-order valence-electron chi connectivity index (χ2n) is 12.2. The number of carbonyl (C=O) groups is 2. The normalized spacial score (nSPS) is 16.2. The van der Waals surface area contributed by atoms with E-state index in [0.29, 0.717) is 16.9 Å². The van der Waals surface area contributed by atoms with Crippen LogP contribution in [-0.2, 0) is 40.5 Å². The van der Waals surface area contributed by atoms with Gasteiger partial charge in [0.1, 0.15) is 25.6 Å². The number of benzene rings is 3. The highest BCUT2D eigenvalue weighted by molar-refractivity contribution is 5.95. The summed E-state index contributed by atoms with van der Waals surface area (Å²) in [5, 5.41) is 39.7. The Hall–Kier alpha value is -5.28. The Balaban J connectivity index is 1.57. The van der Waals surface area contributed by atoms with Gasteiger partial charge in [-0.3, -0.25) is 4.79 Å². The number of carbonyl (C=O) groups excluding carboxylic acids is 2. The van der Waals surface area contributed by atoms with Crippen molar-refractivity contribution in [2.24, 2.45) is 0 Å². The van der Waals surface area contributed by atoms with E-state index in [1.54, 1.807) is 24.3 Å². The van der Waals surface area contributed by atoms with Gasteiger partial charge in [0.05, 0.1) is 24.3 Å². The average Bonchev–Trinajstić information content (AvgIpc) is 3.04. The molecule has 1 aliphatic carbocycles. The molecule has 2 N–H and O–H groups in total. The molecule has 0 heterocycles. The maximum Gasteiger partial charge on any atom is 0.338 e. The van der Waals surface area contributed by atoms with Gasteiger partial charge in [0.2, 0.25) is 0 Å². The van der Waals surface area contributed by atoms with Gasteiger partial charge in [0.15, 0.2) is 6.10 Å². The van der Waals surface area contributed by atoms with Gasteiger partial charge in [0.25, 0.3) is 16.1 Å². The van der Waals surface area contributed by atoms with E-state index in [2.05, 4.69) is 9.68 Å². The first-order valence-electron chi connectivity index (χ1n) is 15.1. The Morgan fingerprint density at radius 1 is 0.854 bits per heavy atom. The Bertz CT molecular complexity index is 1610. The minimum absolute atomic E-state index is 0.0919. The molecule has 256 valence electrons. The molecular weight excluding hydrogens is 630 g/mol. The van der Waals surface area contributed by atoms with Crippen molar-refractivity contribution in [1.82, 2.24) is 4.90 Å². The van der Waals surface area contributed by atoms with E-state index in [4.69, 9.17) is 9.47 Å². The summed E-state index contributed by atoms with van der Waals surface area (Å²) in [4.78, 5) is 58.5. The van der Waals surface area contributed by atoms with Gasteiger partial charge in [-0.15, -0.1) is 20.2 Å². The molecule has 3 aromatic rings. The summed E-state index contributed by atoms with van der Waals surface area (Å²) in [6.45, 7) is 4.61. The fraction of sp³-hybridized carbons (Fsp3) is 0.394. The molecule has 0 spiro atoms. The number of hydrogen-bond donors (Lipinski definition) is 2. The summed E-state index contributed by atoms with van der Waals surface area (Å²) < 4.78 is 12.1. The first kappa shape index (κ1) is 35.6. The Labute approximate surface area is 275 Å². The van der Waals surface area contributed by atoms with Crippen molar-refractivity contribution in [2.75, 3.05) is 13.2 Å². The number of aliphatic hydroxyl groups is 2. The predicted octanol–water partition coefficient (Wildman–Crippen LogP) is 3.47. The molecule has 15 heteroatoms. The van der Waals surface area contributed by atoms with Gasteiger partial charge in [-0.1, -0.05) is 36.4 Å². The zero-order chi connectivity index (χ0) is 35.0. The number of hydrogen-bond acceptors (Lipinski definition) is 12. The van der Waals surface area contributed by atoms with Crippen LogP contribution in [0.5, 0.6) is 5.75 Å². The fourth-order valence-electron chi connectivity index (χ4n) is 5.16. The van der Waals surface area contributed by atoms with Crippen LogP contribution in [-0.4, -0.2) is 74.2 Å². The summed E-state index contributed by atoms with van der Waals surface area (Å²) in [6.07, 6.45) is -2.46. The van der Waals surface area contributed by atoms with Crippen LogP contribution in [0.4, 0.5) is 0 Å². The number of amides is 1. The van der Waals surface area contributed by atoms with Crippen molar-refractivity contribution < 1.29 is 49.1 Å². The Morgan fingerprint density at radius 3 is 1.94 bits per heavy atom. The second kappa shape index (κ2) is 15.5. The molecule has 48 heavy (non-hydrogen) atoms. The molecule has 15 nitrogen and oxygen atoms in total. The van der Waals surface area contributed by atoms with Crippen molar-refractivity contribution >= 4 is 11.9 Å². The van der Waals surface area contributed by atoms with Gasteiger partial charge in [-0.25, -0.2) is 4.79 Å². The van der Waals surface area contributed by atoms with Gasteiger partial charge in [-0.05, 0) is 67.8 Å². The van der Waals surface area contributed by atoms with Gasteiger partial charge in [0, 0.05) is 29.5 Å². The molecule has 0 radical (unpaired) electrons. The first-order chi connectivity index (χ1) is 22.7. The molecule has 0 bridgehead atoms. The lowest BCUT2D eigenvalue weighted by Crippen LogP contribution is -2.51. The Morgan fingerprint density at radius 2 is 1.40 bits per heavy atom. The Kier molecular flexibility index (Phi) is 11.5. The molecule has 0 fully saturated rings. The maximum absolute atomic E-state index is 13.8. The molecule has 0 aromatic heterocycles. The third kappa shape index (κ3) is 9.62. The average molecular weight is 668 g/mol. The lowest BCUT2D eigenvalue weighted by molar-refractivity contribution is -0.763. The third-order valence-electron chi connectivity index (χ3n) is 7.72. The van der Waals surface area contributed by atoms with E-state index in [1.165, 1.54) is 41.3 Å². The quantitative estimate of drug-likeness (QED) is 0.144. The van der Waals surface area contributed by atoms with Crippen LogP contribution in [0.3, 0.4) is 0 Å². The molecule has 0 aliphatic heterocycles. The predicted molar refractivity (Wildman–Crippen MR) is 168 cm³/mol. The third-order valence-corrected chi connectivity index (χ3v) is 7.72. The van der Waals surface area contributed by atoms with Crippen LogP contribution in [0.1, 0.15) is 63.7 Å². The lowest BCUT2D eigenvalue weighted by Gasteiger charge is -2.38. The van der Waals surface area contributed by atoms with Crippen molar-refractivity contribution in [1.29, 1.82) is 0 Å². The molecule has 0 saturated heterocycles. The number of nitrogens with zero attached hydrogens (tertiary/aromatic N) is 3. The zero-order valence-corrected chi connectivity index (χ0v) is 26.6. The molecule has 0 saturated carbocycles. The van der Waals surface area contributed by atoms with E-state index in [1.807, 2.05) is 26.8 Å². The molecule has 3 aromatic carbocycles. The SMILES string of the molecule is CC(C)(C)N(CC(COc1cccc2c1CC(O)C(O)C2)OC(=O)c1ccc(CO[N+](=O)[O-])cc1)C(=O)c1ccc(CO[N+](=O)[O-])cc1. The molecule has 1 aliphatic rings. The van der Waals surface area contributed by atoms with Crippen molar-refractivity contribution in [3.8, 4) is 5.75 Å². The molecule has 3 unspecified atom stereocenters. The minimum Gasteiger partial charge on any atom is -0.489 e. The topological polar surface area (TPSA) is 201 Å². The molecule has 3 atom stereocenters. The van der Waals surface area contributed by atoms with Crippen LogP contribution < -0.4 is 4.74 Å². The maximum atomic E-state index is 13.8. The summed E-state index contributed by atoms with van der Waals surface area (Å²) in [7, 11) is 0.